The molecule has 0 aliphatic rings. The molecular formula is C13H19F3N2. The molecule has 0 aromatic heterocycles. The molecular weight excluding hydrogens is 241 g/mol. The van der Waals surface area contributed by atoms with E-state index in [9.17, 15) is 13.2 Å². The lowest BCUT2D eigenvalue weighted by Gasteiger charge is -2.10. The van der Waals surface area contributed by atoms with E-state index in [2.05, 4.69) is 10.2 Å². The van der Waals surface area contributed by atoms with E-state index in [0.29, 0.717) is 6.07 Å². The fourth-order valence-corrected chi connectivity index (χ4v) is 1.60. The van der Waals surface area contributed by atoms with Crippen LogP contribution in [0.5, 0.6) is 0 Å². The van der Waals surface area contributed by atoms with Gasteiger partial charge in [-0.15, -0.1) is 0 Å². The van der Waals surface area contributed by atoms with Gasteiger partial charge in [0.15, 0.2) is 11.6 Å². The van der Waals surface area contributed by atoms with Gasteiger partial charge in [0.2, 0.25) is 0 Å². The molecule has 0 atom stereocenters. The van der Waals surface area contributed by atoms with Crippen molar-refractivity contribution in [1.82, 2.24) is 10.2 Å². The summed E-state index contributed by atoms with van der Waals surface area (Å²) >= 11 is 0. The first-order chi connectivity index (χ1) is 8.50. The second-order valence-electron chi connectivity index (χ2n) is 4.54. The van der Waals surface area contributed by atoms with Crippen LogP contribution in [0, 0.1) is 17.5 Å². The Morgan fingerprint density at radius 1 is 1.00 bits per heavy atom. The van der Waals surface area contributed by atoms with Crippen LogP contribution in [0.2, 0.25) is 0 Å². The highest BCUT2D eigenvalue weighted by molar-refractivity contribution is 5.19. The summed E-state index contributed by atoms with van der Waals surface area (Å²) in [5.74, 6) is -2.88. The predicted molar refractivity (Wildman–Crippen MR) is 65.8 cm³/mol. The van der Waals surface area contributed by atoms with E-state index in [1.807, 2.05) is 14.1 Å². The van der Waals surface area contributed by atoms with E-state index in [1.54, 1.807) is 0 Å². The normalized spacial score (nSPS) is 11.2. The molecule has 0 heterocycles. The molecule has 0 saturated heterocycles. The minimum atomic E-state index is -1.15. The minimum absolute atomic E-state index is 0.154. The van der Waals surface area contributed by atoms with Crippen LogP contribution in [-0.2, 0) is 6.54 Å². The summed E-state index contributed by atoms with van der Waals surface area (Å²) in [6.45, 7) is 1.94. The Bertz CT molecular complexity index is 381. The SMILES string of the molecule is CN(C)CCCCNCc1cc(F)c(F)cc1F. The molecule has 0 fully saturated rings. The Balaban J connectivity index is 2.29. The molecule has 18 heavy (non-hydrogen) atoms. The summed E-state index contributed by atoms with van der Waals surface area (Å²) in [6, 6.07) is 1.48. The van der Waals surface area contributed by atoms with Gasteiger partial charge in [0, 0.05) is 18.2 Å². The van der Waals surface area contributed by atoms with Gasteiger partial charge in [-0.1, -0.05) is 0 Å². The zero-order valence-corrected chi connectivity index (χ0v) is 10.8. The molecule has 1 aromatic rings. The maximum absolute atomic E-state index is 13.3. The maximum atomic E-state index is 13.3. The smallest absolute Gasteiger partial charge is 0.161 e. The molecule has 0 unspecified atom stereocenters. The molecule has 1 aromatic carbocycles. The van der Waals surface area contributed by atoms with E-state index in [4.69, 9.17) is 0 Å². The quantitative estimate of drug-likeness (QED) is 0.598. The minimum Gasteiger partial charge on any atom is -0.313 e. The van der Waals surface area contributed by atoms with Gasteiger partial charge >= 0.3 is 0 Å². The second kappa shape index (κ2) is 7.38. The van der Waals surface area contributed by atoms with Crippen LogP contribution in [0.4, 0.5) is 13.2 Å². The van der Waals surface area contributed by atoms with Crippen LogP contribution < -0.4 is 5.32 Å². The van der Waals surface area contributed by atoms with Crippen molar-refractivity contribution < 1.29 is 13.2 Å². The largest absolute Gasteiger partial charge is 0.313 e. The van der Waals surface area contributed by atoms with E-state index in [1.165, 1.54) is 0 Å². The van der Waals surface area contributed by atoms with Crippen molar-refractivity contribution in [2.45, 2.75) is 19.4 Å². The van der Waals surface area contributed by atoms with E-state index < -0.39 is 17.5 Å². The topological polar surface area (TPSA) is 15.3 Å². The van der Waals surface area contributed by atoms with Crippen molar-refractivity contribution in [3.63, 3.8) is 0 Å². The Hall–Kier alpha value is -1.07. The van der Waals surface area contributed by atoms with Gasteiger partial charge < -0.3 is 10.2 Å². The lowest BCUT2D eigenvalue weighted by Crippen LogP contribution is -2.18. The average Bonchev–Trinajstić information content (AvgIpc) is 2.29. The molecule has 1 N–H and O–H groups in total. The highest BCUT2D eigenvalue weighted by Crippen LogP contribution is 2.13. The van der Waals surface area contributed by atoms with E-state index >= 15 is 0 Å². The Morgan fingerprint density at radius 2 is 1.67 bits per heavy atom. The summed E-state index contributed by atoms with van der Waals surface area (Å²) in [6.07, 6.45) is 2.00. The molecule has 0 bridgehead atoms. The van der Waals surface area contributed by atoms with Crippen molar-refractivity contribution in [1.29, 1.82) is 0 Å². The third-order valence-corrected chi connectivity index (χ3v) is 2.61. The predicted octanol–water partition coefficient (Wildman–Crippen LogP) is 2.54. The van der Waals surface area contributed by atoms with Crippen LogP contribution >= 0.6 is 0 Å². The number of hydrogen-bond acceptors (Lipinski definition) is 2. The number of rotatable bonds is 7. The van der Waals surface area contributed by atoms with Crippen molar-refractivity contribution in [2.24, 2.45) is 0 Å². The zero-order valence-electron chi connectivity index (χ0n) is 10.8. The van der Waals surface area contributed by atoms with Crippen LogP contribution in [-0.4, -0.2) is 32.1 Å². The number of hydrogen-bond donors (Lipinski definition) is 1. The third kappa shape index (κ3) is 5.06. The summed E-state index contributed by atoms with van der Waals surface area (Å²) in [7, 11) is 4.01. The summed E-state index contributed by atoms with van der Waals surface area (Å²) in [5.41, 5.74) is 0.154. The monoisotopic (exact) mass is 260 g/mol. The molecule has 0 spiro atoms. The standard InChI is InChI=1S/C13H19F3N2/c1-18(2)6-4-3-5-17-9-10-7-12(15)13(16)8-11(10)14/h7-8,17H,3-6,9H2,1-2H3. The van der Waals surface area contributed by atoms with Crippen LogP contribution in [0.1, 0.15) is 18.4 Å². The maximum Gasteiger partial charge on any atom is 0.161 e. The van der Waals surface area contributed by atoms with Gasteiger partial charge in [0.25, 0.3) is 0 Å². The highest BCUT2D eigenvalue weighted by atomic mass is 19.2. The van der Waals surface area contributed by atoms with E-state index in [-0.39, 0.29) is 12.1 Å². The first-order valence-corrected chi connectivity index (χ1v) is 5.99. The Kier molecular flexibility index (Phi) is 6.15. The van der Waals surface area contributed by atoms with Crippen molar-refractivity contribution in [2.75, 3.05) is 27.2 Å². The molecule has 0 amide bonds. The van der Waals surface area contributed by atoms with Crippen molar-refractivity contribution in [3.05, 3.63) is 35.1 Å². The fourth-order valence-electron chi connectivity index (χ4n) is 1.60. The Morgan fingerprint density at radius 3 is 2.33 bits per heavy atom. The van der Waals surface area contributed by atoms with E-state index in [0.717, 1.165) is 32.0 Å². The molecule has 5 heteroatoms. The molecule has 0 radical (unpaired) electrons. The fraction of sp³-hybridized carbons (Fsp3) is 0.538. The lowest BCUT2D eigenvalue weighted by atomic mass is 10.2. The Labute approximate surface area is 106 Å². The number of halogens is 3. The van der Waals surface area contributed by atoms with Gasteiger partial charge in [-0.05, 0) is 46.1 Å². The average molecular weight is 260 g/mol. The first kappa shape index (κ1) is 15.0. The summed E-state index contributed by atoms with van der Waals surface area (Å²) in [4.78, 5) is 2.09. The molecule has 1 rings (SSSR count). The molecule has 0 saturated carbocycles. The van der Waals surface area contributed by atoms with Crippen molar-refractivity contribution in [3.8, 4) is 0 Å². The molecule has 0 aliphatic heterocycles. The van der Waals surface area contributed by atoms with Gasteiger partial charge in [0.05, 0.1) is 0 Å². The third-order valence-electron chi connectivity index (χ3n) is 2.61. The molecule has 2 nitrogen and oxygen atoms in total. The van der Waals surface area contributed by atoms with Crippen LogP contribution in [0.3, 0.4) is 0 Å². The van der Waals surface area contributed by atoms with Gasteiger partial charge in [-0.2, -0.15) is 0 Å². The van der Waals surface area contributed by atoms with Gasteiger partial charge in [0.1, 0.15) is 5.82 Å². The number of benzene rings is 1. The van der Waals surface area contributed by atoms with Gasteiger partial charge in [-0.3, -0.25) is 0 Å². The summed E-state index contributed by atoms with van der Waals surface area (Å²) in [5, 5.41) is 3.02. The summed E-state index contributed by atoms with van der Waals surface area (Å²) < 4.78 is 38.8. The molecule has 102 valence electrons. The van der Waals surface area contributed by atoms with Gasteiger partial charge in [-0.25, -0.2) is 13.2 Å². The second-order valence-corrected chi connectivity index (χ2v) is 4.54. The van der Waals surface area contributed by atoms with Crippen LogP contribution in [0.15, 0.2) is 12.1 Å². The zero-order chi connectivity index (χ0) is 13.5. The number of nitrogens with one attached hydrogen (secondary N) is 1. The van der Waals surface area contributed by atoms with Crippen molar-refractivity contribution >= 4 is 0 Å². The molecule has 0 aliphatic carbocycles. The first-order valence-electron chi connectivity index (χ1n) is 5.99. The number of nitrogens with zero attached hydrogens (tertiary/aromatic N) is 1. The highest BCUT2D eigenvalue weighted by Gasteiger charge is 2.08. The van der Waals surface area contributed by atoms with Crippen LogP contribution in [0.25, 0.3) is 0 Å². The number of unbranched alkanes of at least 4 members (excludes halogenated alkanes) is 1. The lowest BCUT2D eigenvalue weighted by molar-refractivity contribution is 0.391.